The quantitative estimate of drug-likeness (QED) is 0.413. The zero-order valence-electron chi connectivity index (χ0n) is 11.6. The third kappa shape index (κ3) is 2.03. The van der Waals surface area contributed by atoms with Crippen LogP contribution in [-0.2, 0) is 4.57 Å². The minimum Gasteiger partial charge on any atom is -0.321 e. The molecule has 0 saturated carbocycles. The maximum absolute atomic E-state index is 12.1. The first-order chi connectivity index (χ1) is 10.5. The molecule has 0 unspecified atom stereocenters. The van der Waals surface area contributed by atoms with Crippen molar-refractivity contribution in [2.75, 3.05) is 0 Å². The first-order valence-electron chi connectivity index (χ1n) is 6.94. The summed E-state index contributed by atoms with van der Waals surface area (Å²) in [4.78, 5) is 19.7. The summed E-state index contributed by atoms with van der Waals surface area (Å²) in [6.45, 7) is 0. The van der Waals surface area contributed by atoms with Gasteiger partial charge in [0, 0.05) is 0 Å². The Balaban J connectivity index is 2.30. The van der Waals surface area contributed by atoms with E-state index in [1.165, 1.54) is 0 Å². The Morgan fingerprint density at radius 3 is 1.86 bits per heavy atom. The smallest absolute Gasteiger partial charge is 0.321 e. The minimum atomic E-state index is -4.39. The van der Waals surface area contributed by atoms with Crippen molar-refractivity contribution < 1.29 is 14.4 Å². The molecule has 0 aromatic heterocycles. The molecule has 4 aromatic rings. The highest BCUT2D eigenvalue weighted by Crippen LogP contribution is 2.40. The predicted octanol–water partition coefficient (Wildman–Crippen LogP) is 3.95. The molecule has 0 atom stereocenters. The molecule has 0 bridgehead atoms. The third-order valence-electron chi connectivity index (χ3n) is 3.99. The molecular weight excluding hydrogens is 295 g/mol. The Morgan fingerprint density at radius 1 is 0.636 bits per heavy atom. The first-order valence-corrected chi connectivity index (χ1v) is 8.56. The van der Waals surface area contributed by atoms with Crippen LogP contribution in [0.25, 0.3) is 32.3 Å². The summed E-state index contributed by atoms with van der Waals surface area (Å²) in [6.07, 6.45) is 0. The Hall–Kier alpha value is -2.19. The zero-order chi connectivity index (χ0) is 15.3. The highest BCUT2D eigenvalue weighted by Gasteiger charge is 2.24. The van der Waals surface area contributed by atoms with E-state index >= 15 is 0 Å². The van der Waals surface area contributed by atoms with E-state index in [1.54, 1.807) is 12.1 Å². The summed E-state index contributed by atoms with van der Waals surface area (Å²) in [7, 11) is -4.39. The van der Waals surface area contributed by atoms with Gasteiger partial charge in [-0.15, -0.1) is 0 Å². The number of hydrogen-bond donors (Lipinski definition) is 2. The Kier molecular flexibility index (Phi) is 2.85. The van der Waals surface area contributed by atoms with Gasteiger partial charge in [0.15, 0.2) is 0 Å². The normalized spacial score (nSPS) is 12.3. The summed E-state index contributed by atoms with van der Waals surface area (Å²) in [5, 5.41) is 5.05. The predicted molar refractivity (Wildman–Crippen MR) is 90.6 cm³/mol. The van der Waals surface area contributed by atoms with Crippen molar-refractivity contribution in [1.29, 1.82) is 0 Å². The molecule has 4 aromatic carbocycles. The van der Waals surface area contributed by atoms with Crippen molar-refractivity contribution in [1.82, 2.24) is 0 Å². The molecule has 4 heteroatoms. The monoisotopic (exact) mass is 308 g/mol. The summed E-state index contributed by atoms with van der Waals surface area (Å²) in [5.74, 6) is 0. The zero-order valence-corrected chi connectivity index (χ0v) is 12.5. The van der Waals surface area contributed by atoms with Crippen LogP contribution >= 0.6 is 7.60 Å². The second-order valence-electron chi connectivity index (χ2n) is 5.41. The summed E-state index contributed by atoms with van der Waals surface area (Å²) >= 11 is 0. The van der Waals surface area contributed by atoms with E-state index in [2.05, 4.69) is 0 Å². The molecule has 4 rings (SSSR count). The van der Waals surface area contributed by atoms with Gasteiger partial charge in [-0.1, -0.05) is 48.5 Å². The molecular formula is C18H13O3P. The van der Waals surface area contributed by atoms with Crippen molar-refractivity contribution in [3.63, 3.8) is 0 Å². The molecule has 108 valence electrons. The van der Waals surface area contributed by atoms with Gasteiger partial charge in [-0.05, 0) is 50.5 Å². The van der Waals surface area contributed by atoms with Gasteiger partial charge in [0.25, 0.3) is 0 Å². The van der Waals surface area contributed by atoms with Gasteiger partial charge in [0.2, 0.25) is 0 Å². The lowest BCUT2D eigenvalue weighted by molar-refractivity contribution is 0.388. The lowest BCUT2D eigenvalue weighted by atomic mass is 10.00. The summed E-state index contributed by atoms with van der Waals surface area (Å²) in [6, 6.07) is 21.0. The van der Waals surface area contributed by atoms with Gasteiger partial charge >= 0.3 is 7.60 Å². The lowest BCUT2D eigenvalue weighted by Crippen LogP contribution is -2.07. The van der Waals surface area contributed by atoms with Crippen LogP contribution in [0, 0.1) is 0 Å². The van der Waals surface area contributed by atoms with E-state index in [-0.39, 0.29) is 5.30 Å². The molecule has 0 saturated heterocycles. The molecule has 0 spiro atoms. The topological polar surface area (TPSA) is 57.5 Å². The van der Waals surface area contributed by atoms with Gasteiger partial charge in [-0.25, -0.2) is 0 Å². The SMILES string of the molecule is O=P(O)(O)c1c2ccccc2cc2cc3ccccc3cc12. The molecule has 0 amide bonds. The van der Waals surface area contributed by atoms with E-state index in [4.69, 9.17) is 0 Å². The van der Waals surface area contributed by atoms with Crippen LogP contribution in [0.4, 0.5) is 0 Å². The van der Waals surface area contributed by atoms with Crippen LogP contribution in [0.3, 0.4) is 0 Å². The fraction of sp³-hybridized carbons (Fsp3) is 0. The molecule has 0 aliphatic carbocycles. The number of rotatable bonds is 1. The molecule has 0 aliphatic rings. The molecule has 0 radical (unpaired) electrons. The fourth-order valence-electron chi connectivity index (χ4n) is 3.05. The highest BCUT2D eigenvalue weighted by molar-refractivity contribution is 7.61. The van der Waals surface area contributed by atoms with E-state index in [0.717, 1.165) is 21.5 Å². The largest absolute Gasteiger partial charge is 0.357 e. The van der Waals surface area contributed by atoms with Crippen molar-refractivity contribution in [2.24, 2.45) is 0 Å². The third-order valence-corrected chi connectivity index (χ3v) is 5.06. The van der Waals surface area contributed by atoms with Gasteiger partial charge in [0.1, 0.15) is 0 Å². The molecule has 0 aliphatic heterocycles. The first kappa shape index (κ1) is 13.5. The van der Waals surface area contributed by atoms with Crippen molar-refractivity contribution >= 4 is 45.2 Å². The summed E-state index contributed by atoms with van der Waals surface area (Å²) in [5.41, 5.74) is 0. The van der Waals surface area contributed by atoms with Crippen LogP contribution in [0.1, 0.15) is 0 Å². The molecule has 0 fully saturated rings. The molecule has 3 nitrogen and oxygen atoms in total. The van der Waals surface area contributed by atoms with Crippen LogP contribution in [0.15, 0.2) is 66.7 Å². The standard InChI is InChI=1S/C18H13O3P/c19-22(20,21)18-16-8-4-3-7-14(16)10-15-9-12-5-1-2-6-13(12)11-17(15)18/h1-11H,(H2,19,20,21). The van der Waals surface area contributed by atoms with Crippen LogP contribution in [0.2, 0.25) is 0 Å². The Bertz CT molecular complexity index is 1070. The number of benzene rings is 4. The van der Waals surface area contributed by atoms with E-state index in [9.17, 15) is 14.4 Å². The van der Waals surface area contributed by atoms with E-state index < -0.39 is 7.60 Å². The highest BCUT2D eigenvalue weighted by atomic mass is 31.2. The van der Waals surface area contributed by atoms with Crippen molar-refractivity contribution in [3.8, 4) is 0 Å². The second kappa shape index (κ2) is 4.65. The molecule has 22 heavy (non-hydrogen) atoms. The van der Waals surface area contributed by atoms with E-state index in [0.29, 0.717) is 10.8 Å². The Morgan fingerprint density at radius 2 is 1.18 bits per heavy atom. The van der Waals surface area contributed by atoms with Crippen LogP contribution in [0.5, 0.6) is 0 Å². The average Bonchev–Trinajstić information content (AvgIpc) is 2.49. The summed E-state index contributed by atoms with van der Waals surface area (Å²) < 4.78 is 12.1. The maximum atomic E-state index is 12.1. The molecule has 2 N–H and O–H groups in total. The van der Waals surface area contributed by atoms with Gasteiger partial charge in [0.05, 0.1) is 5.30 Å². The lowest BCUT2D eigenvalue weighted by Gasteiger charge is -2.13. The molecule has 0 heterocycles. The Labute approximate surface area is 127 Å². The maximum Gasteiger partial charge on any atom is 0.357 e. The van der Waals surface area contributed by atoms with Crippen molar-refractivity contribution in [3.05, 3.63) is 66.7 Å². The minimum absolute atomic E-state index is 0.117. The van der Waals surface area contributed by atoms with Gasteiger partial charge < -0.3 is 9.79 Å². The second-order valence-corrected chi connectivity index (χ2v) is 6.95. The fourth-order valence-corrected chi connectivity index (χ4v) is 4.07. The van der Waals surface area contributed by atoms with Crippen molar-refractivity contribution in [2.45, 2.75) is 0 Å². The van der Waals surface area contributed by atoms with Gasteiger partial charge in [-0.2, -0.15) is 0 Å². The number of fused-ring (bicyclic) bond motifs is 3. The average molecular weight is 308 g/mol. The van der Waals surface area contributed by atoms with E-state index in [1.807, 2.05) is 54.6 Å². The van der Waals surface area contributed by atoms with Gasteiger partial charge in [-0.3, -0.25) is 4.57 Å². The van der Waals surface area contributed by atoms with Crippen LogP contribution in [-0.4, -0.2) is 9.79 Å². The van der Waals surface area contributed by atoms with Crippen LogP contribution < -0.4 is 5.30 Å². The number of hydrogen-bond acceptors (Lipinski definition) is 1.